The maximum Gasteiger partial charge on any atom is 0.410 e. The number of nitro groups is 1. The Labute approximate surface area is 150 Å². The molecule has 26 heavy (non-hydrogen) atoms. The van der Waals surface area contributed by atoms with Crippen LogP contribution in [0.15, 0.2) is 12.3 Å². The highest BCUT2D eigenvalue weighted by atomic mass is 16.6. The van der Waals surface area contributed by atoms with Gasteiger partial charge in [-0.1, -0.05) is 0 Å². The Morgan fingerprint density at radius 2 is 1.85 bits per heavy atom. The molecule has 0 N–H and O–H groups in total. The predicted molar refractivity (Wildman–Crippen MR) is 92.3 cm³/mol. The zero-order valence-electron chi connectivity index (χ0n) is 15.2. The van der Waals surface area contributed by atoms with Crippen LogP contribution < -0.4 is 4.90 Å². The van der Waals surface area contributed by atoms with E-state index in [1.54, 1.807) is 30.6 Å². The summed E-state index contributed by atoms with van der Waals surface area (Å²) >= 11 is 0. The minimum Gasteiger partial charge on any atom is -0.465 e. The molecule has 0 saturated carbocycles. The highest BCUT2D eigenvalue weighted by molar-refractivity contribution is 5.90. The van der Waals surface area contributed by atoms with E-state index in [1.807, 2.05) is 0 Å². The van der Waals surface area contributed by atoms with Crippen LogP contribution >= 0.6 is 0 Å². The topological polar surface area (TPSA) is 115 Å². The van der Waals surface area contributed by atoms with Crippen molar-refractivity contribution in [3.05, 3.63) is 27.9 Å². The Bertz CT molecular complexity index is 707. The van der Waals surface area contributed by atoms with Crippen LogP contribution in [-0.4, -0.2) is 65.8 Å². The van der Waals surface area contributed by atoms with Crippen molar-refractivity contribution in [2.24, 2.45) is 0 Å². The maximum atomic E-state index is 12.1. The lowest BCUT2D eigenvalue weighted by Crippen LogP contribution is -2.50. The Hall–Kier alpha value is -2.91. The number of carbonyl (C=O) groups is 2. The molecular formula is C16H22N4O6. The number of piperazine rings is 1. The molecule has 0 unspecified atom stereocenters. The maximum absolute atomic E-state index is 12.1. The van der Waals surface area contributed by atoms with Crippen molar-refractivity contribution in [2.75, 3.05) is 38.2 Å². The van der Waals surface area contributed by atoms with Gasteiger partial charge in [0.25, 0.3) is 0 Å². The molecule has 1 amide bonds. The van der Waals surface area contributed by atoms with E-state index < -0.39 is 22.6 Å². The van der Waals surface area contributed by atoms with Gasteiger partial charge in [0, 0.05) is 38.4 Å². The third kappa shape index (κ3) is 4.58. The number of carbonyl (C=O) groups excluding carboxylic acids is 2. The van der Waals surface area contributed by atoms with Crippen LogP contribution in [0.2, 0.25) is 0 Å². The fourth-order valence-corrected chi connectivity index (χ4v) is 2.48. The first-order valence-corrected chi connectivity index (χ1v) is 8.08. The molecule has 0 radical (unpaired) electrons. The zero-order valence-corrected chi connectivity index (χ0v) is 15.2. The summed E-state index contributed by atoms with van der Waals surface area (Å²) in [5.41, 5.74) is -0.855. The second-order valence-electron chi connectivity index (χ2n) is 6.77. The lowest BCUT2D eigenvalue weighted by atomic mass is 10.2. The molecule has 1 fully saturated rings. The molecule has 10 heteroatoms. The number of rotatable bonds is 3. The van der Waals surface area contributed by atoms with Crippen LogP contribution in [0.1, 0.15) is 31.1 Å². The van der Waals surface area contributed by atoms with Gasteiger partial charge in [0.15, 0.2) is 0 Å². The summed E-state index contributed by atoms with van der Waals surface area (Å²) in [7, 11) is 1.19. The molecule has 1 aliphatic heterocycles. The van der Waals surface area contributed by atoms with Gasteiger partial charge in [-0.25, -0.2) is 14.6 Å². The Kier molecular flexibility index (Phi) is 5.63. The molecule has 0 aromatic carbocycles. The van der Waals surface area contributed by atoms with Gasteiger partial charge in [-0.3, -0.25) is 10.1 Å². The van der Waals surface area contributed by atoms with Crippen molar-refractivity contribution in [2.45, 2.75) is 26.4 Å². The lowest BCUT2D eigenvalue weighted by molar-refractivity contribution is -0.384. The van der Waals surface area contributed by atoms with Gasteiger partial charge in [-0.05, 0) is 20.8 Å². The molecular weight excluding hydrogens is 344 g/mol. The number of hydrogen-bond acceptors (Lipinski definition) is 8. The van der Waals surface area contributed by atoms with Gasteiger partial charge in [0.05, 0.1) is 17.6 Å². The van der Waals surface area contributed by atoms with E-state index in [0.29, 0.717) is 26.2 Å². The van der Waals surface area contributed by atoms with Gasteiger partial charge in [-0.2, -0.15) is 0 Å². The average Bonchev–Trinajstić information content (AvgIpc) is 2.59. The largest absolute Gasteiger partial charge is 0.465 e. The molecule has 1 aromatic rings. The summed E-state index contributed by atoms with van der Waals surface area (Å²) < 4.78 is 9.89. The first-order valence-electron chi connectivity index (χ1n) is 8.08. The number of pyridine rings is 1. The van der Waals surface area contributed by atoms with Crippen LogP contribution in [0.4, 0.5) is 16.3 Å². The van der Waals surface area contributed by atoms with Crippen LogP contribution in [0.3, 0.4) is 0 Å². The van der Waals surface area contributed by atoms with Crippen LogP contribution in [-0.2, 0) is 9.47 Å². The lowest BCUT2D eigenvalue weighted by Gasteiger charge is -2.35. The third-order valence-corrected chi connectivity index (χ3v) is 3.70. The molecule has 142 valence electrons. The SMILES string of the molecule is COC(=O)c1cnc(N2CCN(C(=O)OC(C)(C)C)CC2)c([N+](=O)[O-])c1. The first kappa shape index (κ1) is 19.4. The molecule has 1 aliphatic rings. The summed E-state index contributed by atoms with van der Waals surface area (Å²) in [5, 5.41) is 11.4. The fraction of sp³-hybridized carbons (Fsp3) is 0.562. The van der Waals surface area contributed by atoms with Gasteiger partial charge in [0.1, 0.15) is 5.60 Å². The Morgan fingerprint density at radius 3 is 2.35 bits per heavy atom. The summed E-state index contributed by atoms with van der Waals surface area (Å²) in [5.74, 6) is -0.534. The quantitative estimate of drug-likeness (QED) is 0.452. The third-order valence-electron chi connectivity index (χ3n) is 3.70. The molecule has 0 bridgehead atoms. The Balaban J connectivity index is 2.12. The molecule has 0 spiro atoms. The number of amides is 1. The van der Waals surface area contributed by atoms with E-state index in [1.165, 1.54) is 13.3 Å². The number of ether oxygens (including phenoxy) is 2. The number of anilines is 1. The first-order chi connectivity index (χ1) is 12.1. The molecule has 10 nitrogen and oxygen atoms in total. The van der Waals surface area contributed by atoms with Crippen LogP contribution in [0.25, 0.3) is 0 Å². The molecule has 2 heterocycles. The van der Waals surface area contributed by atoms with Crippen molar-refractivity contribution >= 4 is 23.6 Å². The highest BCUT2D eigenvalue weighted by Gasteiger charge is 2.30. The van der Waals surface area contributed by atoms with Crippen molar-refractivity contribution in [3.8, 4) is 0 Å². The summed E-state index contributed by atoms with van der Waals surface area (Å²) in [6.45, 7) is 6.81. The average molecular weight is 366 g/mol. The predicted octanol–water partition coefficient (Wildman–Crippen LogP) is 1.83. The van der Waals surface area contributed by atoms with Crippen molar-refractivity contribution < 1.29 is 24.0 Å². The summed E-state index contributed by atoms with van der Waals surface area (Å²) in [6, 6.07) is 1.15. The van der Waals surface area contributed by atoms with E-state index in [0.717, 1.165) is 6.07 Å². The number of hydrogen-bond donors (Lipinski definition) is 0. The second kappa shape index (κ2) is 7.54. The van der Waals surface area contributed by atoms with Crippen LogP contribution in [0, 0.1) is 10.1 Å². The fourth-order valence-electron chi connectivity index (χ4n) is 2.48. The number of methoxy groups -OCH3 is 1. The van der Waals surface area contributed by atoms with Gasteiger partial charge < -0.3 is 19.3 Å². The minimum absolute atomic E-state index is 0.00957. The summed E-state index contributed by atoms with van der Waals surface area (Å²) in [4.78, 5) is 41.7. The van der Waals surface area contributed by atoms with Gasteiger partial charge >= 0.3 is 17.7 Å². The normalized spacial score (nSPS) is 14.8. The monoisotopic (exact) mass is 366 g/mol. The highest BCUT2D eigenvalue weighted by Crippen LogP contribution is 2.28. The number of aromatic nitrogens is 1. The van der Waals surface area contributed by atoms with Crippen molar-refractivity contribution in [1.82, 2.24) is 9.88 Å². The second-order valence-corrected chi connectivity index (χ2v) is 6.77. The molecule has 1 saturated heterocycles. The van der Waals surface area contributed by atoms with E-state index in [4.69, 9.17) is 4.74 Å². The van der Waals surface area contributed by atoms with Crippen molar-refractivity contribution in [1.29, 1.82) is 0 Å². The number of nitrogens with zero attached hydrogens (tertiary/aromatic N) is 4. The molecule has 0 aliphatic carbocycles. The number of esters is 1. The molecule has 1 aromatic heterocycles. The minimum atomic E-state index is -0.693. The molecule has 0 atom stereocenters. The molecule has 2 rings (SSSR count). The Morgan fingerprint density at radius 1 is 1.23 bits per heavy atom. The van der Waals surface area contributed by atoms with Gasteiger partial charge in [-0.15, -0.1) is 0 Å². The summed E-state index contributed by atoms with van der Waals surface area (Å²) in [6.07, 6.45) is 0.828. The van der Waals surface area contributed by atoms with E-state index in [-0.39, 0.29) is 17.1 Å². The standard InChI is InChI=1S/C16H22N4O6/c1-16(2,3)26-15(22)19-7-5-18(6-8-19)13-12(20(23)24)9-11(10-17-13)14(21)25-4/h9-10H,5-8H2,1-4H3. The van der Waals surface area contributed by atoms with E-state index in [2.05, 4.69) is 9.72 Å². The van der Waals surface area contributed by atoms with Gasteiger partial charge in [0.2, 0.25) is 5.82 Å². The van der Waals surface area contributed by atoms with E-state index >= 15 is 0 Å². The van der Waals surface area contributed by atoms with Crippen LogP contribution in [0.5, 0.6) is 0 Å². The van der Waals surface area contributed by atoms with Crippen molar-refractivity contribution in [3.63, 3.8) is 0 Å². The zero-order chi connectivity index (χ0) is 19.5. The smallest absolute Gasteiger partial charge is 0.410 e. The van der Waals surface area contributed by atoms with E-state index in [9.17, 15) is 19.7 Å².